The van der Waals surface area contributed by atoms with Crippen LogP contribution in [0.3, 0.4) is 0 Å². The Kier molecular flexibility index (Phi) is 7.99. The zero-order valence-electron chi connectivity index (χ0n) is 11.2. The number of carbonyl (C=O) groups is 1. The average molecular weight is 306 g/mol. The fourth-order valence-electron chi connectivity index (χ4n) is 2.20. The van der Waals surface area contributed by atoms with Gasteiger partial charge in [-0.05, 0) is 44.5 Å². The van der Waals surface area contributed by atoms with Gasteiger partial charge in [0.1, 0.15) is 0 Å². The van der Waals surface area contributed by atoms with Crippen LogP contribution in [0.5, 0.6) is 0 Å². The van der Waals surface area contributed by atoms with Crippen molar-refractivity contribution >= 4 is 30.7 Å². The van der Waals surface area contributed by atoms with Crippen LogP contribution in [0.15, 0.2) is 18.3 Å². The van der Waals surface area contributed by atoms with Crippen molar-refractivity contribution < 1.29 is 4.79 Å². The molecular formula is C13H21Cl2N3O. The molecule has 2 unspecified atom stereocenters. The highest BCUT2D eigenvalue weighted by atomic mass is 35.5. The highest BCUT2D eigenvalue weighted by Gasteiger charge is 2.23. The maximum Gasteiger partial charge on any atom is 0.253 e. The Morgan fingerprint density at radius 2 is 2.21 bits per heavy atom. The molecule has 2 atom stereocenters. The maximum atomic E-state index is 12.1. The highest BCUT2D eigenvalue weighted by Crippen LogP contribution is 2.12. The van der Waals surface area contributed by atoms with E-state index in [0.717, 1.165) is 25.2 Å². The van der Waals surface area contributed by atoms with Crippen molar-refractivity contribution in [1.29, 1.82) is 0 Å². The standard InChI is InChI=1S/C13H19N3O.2ClH/c1-9-8-14-7-5-12(9)16-13(17)11-4-3-6-15-10(11)2;;/h3-4,6,9,12,14H,5,7-8H2,1-2H3,(H,16,17);2*1H. The zero-order valence-corrected chi connectivity index (χ0v) is 12.8. The summed E-state index contributed by atoms with van der Waals surface area (Å²) < 4.78 is 0. The Hall–Kier alpha value is -0.840. The van der Waals surface area contributed by atoms with E-state index in [1.54, 1.807) is 12.3 Å². The number of aryl methyl sites for hydroxylation is 1. The molecule has 19 heavy (non-hydrogen) atoms. The SMILES string of the molecule is Cc1ncccc1C(=O)NC1CCNCC1C.Cl.Cl. The third-order valence-electron chi connectivity index (χ3n) is 3.35. The predicted octanol–water partition coefficient (Wildman–Crippen LogP) is 1.96. The van der Waals surface area contributed by atoms with Gasteiger partial charge in [-0.15, -0.1) is 24.8 Å². The molecule has 0 radical (unpaired) electrons. The maximum absolute atomic E-state index is 12.1. The summed E-state index contributed by atoms with van der Waals surface area (Å²) in [5.74, 6) is 0.471. The number of carbonyl (C=O) groups excluding carboxylic acids is 1. The van der Waals surface area contributed by atoms with Crippen LogP contribution in [0.1, 0.15) is 29.4 Å². The Balaban J connectivity index is 0.00000162. The van der Waals surface area contributed by atoms with Crippen molar-refractivity contribution in [3.05, 3.63) is 29.6 Å². The van der Waals surface area contributed by atoms with Crippen LogP contribution in [-0.4, -0.2) is 30.0 Å². The van der Waals surface area contributed by atoms with Gasteiger partial charge in [-0.2, -0.15) is 0 Å². The van der Waals surface area contributed by atoms with E-state index < -0.39 is 0 Å². The first-order valence-electron chi connectivity index (χ1n) is 6.11. The van der Waals surface area contributed by atoms with Gasteiger partial charge >= 0.3 is 0 Å². The molecule has 0 saturated carbocycles. The number of halogens is 2. The summed E-state index contributed by atoms with van der Waals surface area (Å²) in [6.45, 7) is 5.96. The second-order valence-electron chi connectivity index (χ2n) is 4.69. The van der Waals surface area contributed by atoms with E-state index in [-0.39, 0.29) is 36.8 Å². The molecule has 4 nitrogen and oxygen atoms in total. The molecule has 0 spiro atoms. The molecule has 6 heteroatoms. The number of amides is 1. The number of nitrogens with zero attached hydrogens (tertiary/aromatic N) is 1. The largest absolute Gasteiger partial charge is 0.349 e. The highest BCUT2D eigenvalue weighted by molar-refractivity contribution is 5.95. The molecule has 2 heterocycles. The summed E-state index contributed by atoms with van der Waals surface area (Å²) >= 11 is 0. The molecule has 1 aromatic rings. The number of hydrogen-bond donors (Lipinski definition) is 2. The van der Waals surface area contributed by atoms with Crippen molar-refractivity contribution in [2.75, 3.05) is 13.1 Å². The fourth-order valence-corrected chi connectivity index (χ4v) is 2.20. The summed E-state index contributed by atoms with van der Waals surface area (Å²) in [4.78, 5) is 16.2. The van der Waals surface area contributed by atoms with Gasteiger partial charge in [0, 0.05) is 17.9 Å². The number of hydrogen-bond acceptors (Lipinski definition) is 3. The number of nitrogens with one attached hydrogen (secondary N) is 2. The van der Waals surface area contributed by atoms with Crippen molar-refractivity contribution in [2.24, 2.45) is 5.92 Å². The van der Waals surface area contributed by atoms with Crippen LogP contribution < -0.4 is 10.6 Å². The molecule has 2 N–H and O–H groups in total. The van der Waals surface area contributed by atoms with E-state index in [1.165, 1.54) is 0 Å². The predicted molar refractivity (Wildman–Crippen MR) is 81.4 cm³/mol. The van der Waals surface area contributed by atoms with Crippen molar-refractivity contribution in [1.82, 2.24) is 15.6 Å². The lowest BCUT2D eigenvalue weighted by Gasteiger charge is -2.30. The quantitative estimate of drug-likeness (QED) is 0.878. The number of pyridine rings is 1. The molecule has 1 aliphatic heterocycles. The molecule has 1 saturated heterocycles. The summed E-state index contributed by atoms with van der Waals surface area (Å²) in [5, 5.41) is 6.43. The van der Waals surface area contributed by atoms with Gasteiger partial charge in [0.25, 0.3) is 5.91 Å². The first kappa shape index (κ1) is 18.2. The molecule has 0 aromatic carbocycles. The molecule has 0 bridgehead atoms. The Bertz CT molecular complexity index is 415. The minimum atomic E-state index is -0.00523. The van der Waals surface area contributed by atoms with Crippen LogP contribution in [-0.2, 0) is 0 Å². The molecule has 2 rings (SSSR count). The number of rotatable bonds is 2. The van der Waals surface area contributed by atoms with E-state index >= 15 is 0 Å². The summed E-state index contributed by atoms with van der Waals surface area (Å²) in [5.41, 5.74) is 1.46. The van der Waals surface area contributed by atoms with Crippen molar-refractivity contribution in [3.8, 4) is 0 Å². The van der Waals surface area contributed by atoms with E-state index in [2.05, 4.69) is 22.5 Å². The zero-order chi connectivity index (χ0) is 12.3. The van der Waals surface area contributed by atoms with Crippen LogP contribution in [0.25, 0.3) is 0 Å². The lowest BCUT2D eigenvalue weighted by molar-refractivity contribution is 0.0913. The van der Waals surface area contributed by atoms with Gasteiger partial charge in [0.05, 0.1) is 5.56 Å². The molecule has 1 fully saturated rings. The van der Waals surface area contributed by atoms with Crippen LogP contribution in [0.4, 0.5) is 0 Å². The molecular weight excluding hydrogens is 285 g/mol. The summed E-state index contributed by atoms with van der Waals surface area (Å²) in [6, 6.07) is 3.89. The van der Waals surface area contributed by atoms with Gasteiger partial charge < -0.3 is 10.6 Å². The van der Waals surface area contributed by atoms with E-state index in [0.29, 0.717) is 11.5 Å². The Morgan fingerprint density at radius 3 is 2.84 bits per heavy atom. The third-order valence-corrected chi connectivity index (χ3v) is 3.35. The van der Waals surface area contributed by atoms with Gasteiger partial charge in [0.2, 0.25) is 0 Å². The van der Waals surface area contributed by atoms with E-state index in [1.807, 2.05) is 13.0 Å². The topological polar surface area (TPSA) is 54.0 Å². The third kappa shape index (κ3) is 4.64. The first-order valence-corrected chi connectivity index (χ1v) is 6.11. The number of piperidine rings is 1. The molecule has 1 aromatic heterocycles. The van der Waals surface area contributed by atoms with Gasteiger partial charge in [0.15, 0.2) is 0 Å². The lowest BCUT2D eigenvalue weighted by Crippen LogP contribution is -2.48. The molecule has 1 amide bonds. The monoisotopic (exact) mass is 305 g/mol. The minimum absolute atomic E-state index is 0. The Labute approximate surface area is 126 Å². The average Bonchev–Trinajstić information content (AvgIpc) is 2.32. The lowest BCUT2D eigenvalue weighted by atomic mass is 9.95. The van der Waals surface area contributed by atoms with Gasteiger partial charge in [-0.1, -0.05) is 6.92 Å². The van der Waals surface area contributed by atoms with E-state index in [9.17, 15) is 4.79 Å². The first-order chi connectivity index (χ1) is 8.18. The van der Waals surface area contributed by atoms with Crippen LogP contribution >= 0.6 is 24.8 Å². The second-order valence-corrected chi connectivity index (χ2v) is 4.69. The molecule has 0 aliphatic carbocycles. The molecule has 1 aliphatic rings. The van der Waals surface area contributed by atoms with Crippen LogP contribution in [0, 0.1) is 12.8 Å². The Morgan fingerprint density at radius 1 is 1.47 bits per heavy atom. The summed E-state index contributed by atoms with van der Waals surface area (Å²) in [7, 11) is 0. The van der Waals surface area contributed by atoms with Gasteiger partial charge in [-0.25, -0.2) is 0 Å². The second kappa shape index (κ2) is 8.35. The van der Waals surface area contributed by atoms with Crippen LogP contribution in [0.2, 0.25) is 0 Å². The number of aromatic nitrogens is 1. The smallest absolute Gasteiger partial charge is 0.253 e. The fraction of sp³-hybridized carbons (Fsp3) is 0.538. The van der Waals surface area contributed by atoms with Crippen molar-refractivity contribution in [2.45, 2.75) is 26.3 Å². The minimum Gasteiger partial charge on any atom is -0.349 e. The van der Waals surface area contributed by atoms with E-state index in [4.69, 9.17) is 0 Å². The molecule has 108 valence electrons. The van der Waals surface area contributed by atoms with Gasteiger partial charge in [-0.3, -0.25) is 9.78 Å². The summed E-state index contributed by atoms with van der Waals surface area (Å²) in [6.07, 6.45) is 2.70. The normalized spacial score (nSPS) is 21.8. The van der Waals surface area contributed by atoms with Crippen molar-refractivity contribution in [3.63, 3.8) is 0 Å².